The van der Waals surface area contributed by atoms with Crippen LogP contribution >= 0.6 is 11.8 Å². The zero-order chi connectivity index (χ0) is 12.7. The fourth-order valence-electron chi connectivity index (χ4n) is 1.03. The monoisotopic (exact) mass is 256 g/mol. The molecular weight excluding hydrogens is 240 g/mol. The molecule has 0 saturated carbocycles. The number of terminal acetylenes is 1. The van der Waals surface area contributed by atoms with Gasteiger partial charge in [-0.2, -0.15) is 0 Å². The van der Waals surface area contributed by atoms with E-state index < -0.39 is 8.07 Å². The summed E-state index contributed by atoms with van der Waals surface area (Å²) in [5.41, 5.74) is 3.28. The van der Waals surface area contributed by atoms with Crippen LogP contribution in [0.1, 0.15) is 0 Å². The van der Waals surface area contributed by atoms with Crippen molar-refractivity contribution in [3.8, 4) is 23.8 Å². The molecule has 0 bridgehead atoms. The minimum Gasteiger partial charge on any atom is -0.127 e. The van der Waals surface area contributed by atoms with Crippen LogP contribution in [0.25, 0.3) is 0 Å². The molecule has 0 aliphatic rings. The van der Waals surface area contributed by atoms with Crippen molar-refractivity contribution in [2.24, 2.45) is 0 Å². The molecule has 1 aromatic rings. The summed E-state index contributed by atoms with van der Waals surface area (Å²) in [6.07, 6.45) is 7.32. The number of thioether (sulfide) groups is 1. The molecule has 0 aliphatic carbocycles. The summed E-state index contributed by atoms with van der Waals surface area (Å²) in [7, 11) is -1.31. The van der Waals surface area contributed by atoms with Crippen molar-refractivity contribution in [1.29, 1.82) is 0 Å². The molecule has 17 heavy (non-hydrogen) atoms. The Labute approximate surface area is 110 Å². The van der Waals surface area contributed by atoms with Crippen LogP contribution in [0.2, 0.25) is 19.6 Å². The highest BCUT2D eigenvalue weighted by molar-refractivity contribution is 8.03. The van der Waals surface area contributed by atoms with E-state index >= 15 is 0 Å². The molecule has 0 aliphatic heterocycles. The fourth-order valence-corrected chi connectivity index (χ4v) is 2.26. The molecule has 0 aromatic heterocycles. The Balaban J connectivity index is 2.77. The summed E-state index contributed by atoms with van der Waals surface area (Å²) in [4.78, 5) is 2.01. The average molecular weight is 256 g/mol. The lowest BCUT2D eigenvalue weighted by atomic mass is 10.4. The van der Waals surface area contributed by atoms with Crippen LogP contribution in [-0.4, -0.2) is 8.07 Å². The Morgan fingerprint density at radius 1 is 1.24 bits per heavy atom. The molecule has 0 spiro atoms. The first-order valence-corrected chi connectivity index (χ1v) is 9.75. The van der Waals surface area contributed by atoms with Crippen molar-refractivity contribution in [2.75, 3.05) is 0 Å². The Morgan fingerprint density at radius 3 is 2.41 bits per heavy atom. The third-order valence-corrected chi connectivity index (χ3v) is 3.62. The lowest BCUT2D eigenvalue weighted by molar-refractivity contribution is 1.47. The summed E-state index contributed by atoms with van der Waals surface area (Å²) in [6, 6.07) is 10.1. The average Bonchev–Trinajstić information content (AvgIpc) is 2.27. The maximum absolute atomic E-state index is 5.47. The molecule has 0 nitrogen and oxygen atoms in total. The minimum absolute atomic E-state index is 0.863. The van der Waals surface area contributed by atoms with E-state index in [1.165, 1.54) is 0 Å². The van der Waals surface area contributed by atoms with Crippen molar-refractivity contribution in [3.63, 3.8) is 0 Å². The standard InChI is InChI=1S/C15H16SSi/c1-5-14(12-9-13-17(2,3)4)16-15-10-7-6-8-11-15/h1,6-8,10-12H,2-4H3/b14-12+. The summed E-state index contributed by atoms with van der Waals surface area (Å²) in [5.74, 6) is 5.76. The Bertz CT molecular complexity index is 490. The van der Waals surface area contributed by atoms with Gasteiger partial charge >= 0.3 is 0 Å². The predicted molar refractivity (Wildman–Crippen MR) is 80.3 cm³/mol. The Kier molecular flexibility index (Phi) is 5.16. The number of hydrogen-bond acceptors (Lipinski definition) is 1. The van der Waals surface area contributed by atoms with Crippen LogP contribution in [0.4, 0.5) is 0 Å². The lowest BCUT2D eigenvalue weighted by Gasteiger charge is -2.02. The molecular formula is C15H16SSi. The normalized spacial score (nSPS) is 11.3. The van der Waals surface area contributed by atoms with Crippen LogP contribution < -0.4 is 0 Å². The zero-order valence-electron chi connectivity index (χ0n) is 10.4. The van der Waals surface area contributed by atoms with Crippen LogP contribution in [0, 0.1) is 23.8 Å². The molecule has 86 valence electrons. The molecule has 0 heterocycles. The number of benzene rings is 1. The van der Waals surface area contributed by atoms with Crippen LogP contribution in [0.3, 0.4) is 0 Å². The second-order valence-electron chi connectivity index (χ2n) is 4.59. The SMILES string of the molecule is C#C/C(=C\C#C[Si](C)(C)C)Sc1ccccc1. The Hall–Kier alpha value is -1.35. The molecule has 0 radical (unpaired) electrons. The number of hydrogen-bond donors (Lipinski definition) is 0. The molecule has 0 atom stereocenters. The molecule has 0 fully saturated rings. The highest BCUT2D eigenvalue weighted by atomic mass is 32.2. The quantitative estimate of drug-likeness (QED) is 0.434. The first kappa shape index (κ1) is 13.7. The van der Waals surface area contributed by atoms with Crippen molar-refractivity contribution >= 4 is 19.8 Å². The van der Waals surface area contributed by atoms with E-state index in [1.807, 2.05) is 36.4 Å². The van der Waals surface area contributed by atoms with Gasteiger partial charge in [0.25, 0.3) is 0 Å². The van der Waals surface area contributed by atoms with Gasteiger partial charge in [-0.25, -0.2) is 0 Å². The highest BCUT2D eigenvalue weighted by Gasteiger charge is 2.06. The van der Waals surface area contributed by atoms with Gasteiger partial charge in [-0.1, -0.05) is 61.4 Å². The van der Waals surface area contributed by atoms with Gasteiger partial charge in [-0.15, -0.1) is 12.0 Å². The molecule has 1 aromatic carbocycles. The molecule has 0 unspecified atom stereocenters. The minimum atomic E-state index is -1.31. The second-order valence-corrected chi connectivity index (χ2v) is 10.5. The van der Waals surface area contributed by atoms with Gasteiger partial charge < -0.3 is 0 Å². The number of rotatable bonds is 2. The zero-order valence-corrected chi connectivity index (χ0v) is 12.3. The van der Waals surface area contributed by atoms with Crippen LogP contribution in [0.5, 0.6) is 0 Å². The van der Waals surface area contributed by atoms with E-state index in [9.17, 15) is 0 Å². The van der Waals surface area contributed by atoms with Crippen molar-refractivity contribution < 1.29 is 0 Å². The highest BCUT2D eigenvalue weighted by Crippen LogP contribution is 2.25. The smallest absolute Gasteiger partial charge is 0.127 e. The fraction of sp³-hybridized carbons (Fsp3) is 0.200. The summed E-state index contributed by atoms with van der Waals surface area (Å²) in [6.45, 7) is 6.65. The van der Waals surface area contributed by atoms with Crippen molar-refractivity contribution in [3.05, 3.63) is 41.3 Å². The van der Waals surface area contributed by atoms with Gasteiger partial charge in [0.1, 0.15) is 8.07 Å². The lowest BCUT2D eigenvalue weighted by Crippen LogP contribution is -2.16. The van der Waals surface area contributed by atoms with Gasteiger partial charge in [0, 0.05) is 11.0 Å². The summed E-state index contributed by atoms with van der Waals surface area (Å²) < 4.78 is 0. The Morgan fingerprint density at radius 2 is 1.88 bits per heavy atom. The van der Waals surface area contributed by atoms with E-state index in [2.05, 4.69) is 37.0 Å². The van der Waals surface area contributed by atoms with Gasteiger partial charge in [-0.05, 0) is 12.1 Å². The summed E-state index contributed by atoms with van der Waals surface area (Å²) in [5, 5.41) is 0. The maximum Gasteiger partial charge on any atom is 0.129 e. The van der Waals surface area contributed by atoms with Gasteiger partial charge in [-0.3, -0.25) is 0 Å². The second kappa shape index (κ2) is 6.40. The molecule has 0 saturated heterocycles. The van der Waals surface area contributed by atoms with Gasteiger partial charge in [0.05, 0.1) is 4.91 Å². The third kappa shape index (κ3) is 6.07. The van der Waals surface area contributed by atoms with Gasteiger partial charge in [0.2, 0.25) is 0 Å². The van der Waals surface area contributed by atoms with E-state index in [0.29, 0.717) is 0 Å². The molecule has 1 rings (SSSR count). The van der Waals surface area contributed by atoms with Crippen molar-refractivity contribution in [2.45, 2.75) is 24.5 Å². The van der Waals surface area contributed by atoms with E-state index in [0.717, 1.165) is 9.80 Å². The van der Waals surface area contributed by atoms with E-state index in [1.54, 1.807) is 11.8 Å². The topological polar surface area (TPSA) is 0 Å². The maximum atomic E-state index is 5.47. The first-order chi connectivity index (χ1) is 8.01. The third-order valence-electron chi connectivity index (χ3n) is 1.76. The van der Waals surface area contributed by atoms with Crippen LogP contribution in [-0.2, 0) is 0 Å². The van der Waals surface area contributed by atoms with Gasteiger partial charge in [0.15, 0.2) is 0 Å². The number of allylic oxidation sites excluding steroid dienone is 2. The molecule has 0 N–H and O–H groups in total. The van der Waals surface area contributed by atoms with E-state index in [-0.39, 0.29) is 0 Å². The molecule has 0 amide bonds. The van der Waals surface area contributed by atoms with E-state index in [4.69, 9.17) is 6.42 Å². The van der Waals surface area contributed by atoms with Crippen molar-refractivity contribution in [1.82, 2.24) is 0 Å². The largest absolute Gasteiger partial charge is 0.129 e. The predicted octanol–water partition coefficient (Wildman–Crippen LogP) is 4.18. The molecule has 2 heteroatoms. The summed E-state index contributed by atoms with van der Waals surface area (Å²) >= 11 is 1.58. The van der Waals surface area contributed by atoms with Crippen LogP contribution in [0.15, 0.2) is 46.2 Å². The first-order valence-electron chi connectivity index (χ1n) is 5.43.